The summed E-state index contributed by atoms with van der Waals surface area (Å²) in [4.78, 5) is 2.16. The van der Waals surface area contributed by atoms with Gasteiger partial charge in [-0.15, -0.1) is 11.6 Å². The molecule has 88 valence electrons. The van der Waals surface area contributed by atoms with Crippen LogP contribution in [-0.4, -0.2) is 7.05 Å². The highest BCUT2D eigenvalue weighted by atomic mass is 35.5. The van der Waals surface area contributed by atoms with Crippen LogP contribution < -0.4 is 4.90 Å². The summed E-state index contributed by atoms with van der Waals surface area (Å²) in [6.45, 7) is 2.09. The molecule has 0 aliphatic heterocycles. The number of nitrogens with zero attached hydrogens (tertiary/aromatic N) is 1. The van der Waals surface area contributed by atoms with Crippen molar-refractivity contribution in [3.05, 3.63) is 59.7 Å². The molecule has 0 fully saturated rings. The third-order valence-corrected chi connectivity index (χ3v) is 3.21. The van der Waals surface area contributed by atoms with Gasteiger partial charge in [-0.05, 0) is 30.7 Å². The first-order chi connectivity index (χ1) is 8.22. The summed E-state index contributed by atoms with van der Waals surface area (Å²) in [5.74, 6) is 0.534. The van der Waals surface area contributed by atoms with Gasteiger partial charge in [0, 0.05) is 24.3 Å². The largest absolute Gasteiger partial charge is 0.344 e. The zero-order valence-corrected chi connectivity index (χ0v) is 10.9. The highest BCUT2D eigenvalue weighted by Gasteiger charge is 2.07. The smallest absolute Gasteiger partial charge is 0.0494 e. The number of halogens is 1. The Balaban J connectivity index is 2.36. The average molecular weight is 246 g/mol. The first kappa shape index (κ1) is 12.0. The Morgan fingerprint density at radius 1 is 1.00 bits per heavy atom. The van der Waals surface area contributed by atoms with E-state index in [0.29, 0.717) is 5.88 Å². The summed E-state index contributed by atoms with van der Waals surface area (Å²) < 4.78 is 0. The van der Waals surface area contributed by atoms with E-state index in [1.165, 1.54) is 11.3 Å². The predicted octanol–water partition coefficient (Wildman–Crippen LogP) is 4.50. The Kier molecular flexibility index (Phi) is 3.70. The minimum absolute atomic E-state index is 0.534. The molecule has 0 amide bonds. The Morgan fingerprint density at radius 3 is 2.29 bits per heavy atom. The second-order valence-electron chi connectivity index (χ2n) is 4.16. The molecule has 0 saturated carbocycles. The van der Waals surface area contributed by atoms with Gasteiger partial charge < -0.3 is 4.90 Å². The fourth-order valence-corrected chi connectivity index (χ4v) is 2.08. The van der Waals surface area contributed by atoms with Gasteiger partial charge in [0.2, 0.25) is 0 Å². The van der Waals surface area contributed by atoms with E-state index >= 15 is 0 Å². The standard InChI is InChI=1S/C15H16ClN/c1-12-7-9-14(10-8-12)17(2)15-6-4-3-5-13(15)11-16/h3-10H,11H2,1-2H3. The molecule has 2 heteroatoms. The highest BCUT2D eigenvalue weighted by Crippen LogP contribution is 2.27. The molecule has 2 aromatic carbocycles. The van der Waals surface area contributed by atoms with E-state index in [2.05, 4.69) is 55.3 Å². The summed E-state index contributed by atoms with van der Waals surface area (Å²) >= 11 is 5.96. The van der Waals surface area contributed by atoms with Crippen LogP contribution in [0.3, 0.4) is 0 Å². The molecule has 0 aliphatic carbocycles. The van der Waals surface area contributed by atoms with Crippen LogP contribution in [-0.2, 0) is 5.88 Å². The number of benzene rings is 2. The van der Waals surface area contributed by atoms with Crippen molar-refractivity contribution in [2.45, 2.75) is 12.8 Å². The molecule has 0 heterocycles. The monoisotopic (exact) mass is 245 g/mol. The van der Waals surface area contributed by atoms with Crippen LogP contribution in [0, 0.1) is 6.92 Å². The Hall–Kier alpha value is -1.47. The van der Waals surface area contributed by atoms with Crippen LogP contribution in [0.5, 0.6) is 0 Å². The highest BCUT2D eigenvalue weighted by molar-refractivity contribution is 6.17. The normalized spacial score (nSPS) is 10.3. The van der Waals surface area contributed by atoms with Crippen LogP contribution >= 0.6 is 11.6 Å². The molecular formula is C15H16ClN. The molecule has 2 aromatic rings. The lowest BCUT2D eigenvalue weighted by Crippen LogP contribution is -2.11. The fourth-order valence-electron chi connectivity index (χ4n) is 1.86. The van der Waals surface area contributed by atoms with Crippen molar-refractivity contribution in [2.24, 2.45) is 0 Å². The van der Waals surface area contributed by atoms with E-state index < -0.39 is 0 Å². The van der Waals surface area contributed by atoms with Crippen LogP contribution in [0.15, 0.2) is 48.5 Å². The molecule has 1 nitrogen and oxygen atoms in total. The number of aryl methyl sites for hydroxylation is 1. The number of hydrogen-bond donors (Lipinski definition) is 0. The lowest BCUT2D eigenvalue weighted by Gasteiger charge is -2.22. The SMILES string of the molecule is Cc1ccc(N(C)c2ccccc2CCl)cc1. The molecule has 0 N–H and O–H groups in total. The van der Waals surface area contributed by atoms with Crippen molar-refractivity contribution < 1.29 is 0 Å². The molecule has 0 unspecified atom stereocenters. The van der Waals surface area contributed by atoms with Gasteiger partial charge in [0.15, 0.2) is 0 Å². The number of rotatable bonds is 3. The zero-order chi connectivity index (χ0) is 12.3. The van der Waals surface area contributed by atoms with Crippen LogP contribution in [0.1, 0.15) is 11.1 Å². The first-order valence-corrected chi connectivity index (χ1v) is 6.20. The van der Waals surface area contributed by atoms with E-state index in [-0.39, 0.29) is 0 Å². The fraction of sp³-hybridized carbons (Fsp3) is 0.200. The van der Waals surface area contributed by atoms with Crippen molar-refractivity contribution >= 4 is 23.0 Å². The molecule has 0 aromatic heterocycles. The lowest BCUT2D eigenvalue weighted by atomic mass is 10.1. The second kappa shape index (κ2) is 5.24. The van der Waals surface area contributed by atoms with Crippen LogP contribution in [0.4, 0.5) is 11.4 Å². The van der Waals surface area contributed by atoms with Gasteiger partial charge in [0.05, 0.1) is 0 Å². The molecule has 0 radical (unpaired) electrons. The van der Waals surface area contributed by atoms with E-state index in [4.69, 9.17) is 11.6 Å². The maximum Gasteiger partial charge on any atom is 0.0494 e. The molecule has 0 bridgehead atoms. The topological polar surface area (TPSA) is 3.24 Å². The van der Waals surface area contributed by atoms with Gasteiger partial charge in [-0.3, -0.25) is 0 Å². The summed E-state index contributed by atoms with van der Waals surface area (Å²) in [5, 5.41) is 0. The minimum atomic E-state index is 0.534. The second-order valence-corrected chi connectivity index (χ2v) is 4.42. The van der Waals surface area contributed by atoms with E-state index in [9.17, 15) is 0 Å². The van der Waals surface area contributed by atoms with Gasteiger partial charge >= 0.3 is 0 Å². The number of para-hydroxylation sites is 1. The van der Waals surface area contributed by atoms with E-state index in [1.54, 1.807) is 0 Å². The van der Waals surface area contributed by atoms with E-state index in [0.717, 1.165) is 11.3 Å². The molecule has 0 aliphatic rings. The minimum Gasteiger partial charge on any atom is -0.344 e. The summed E-state index contributed by atoms with van der Waals surface area (Å²) in [6.07, 6.45) is 0. The van der Waals surface area contributed by atoms with Crippen molar-refractivity contribution in [3.8, 4) is 0 Å². The third kappa shape index (κ3) is 2.62. The Bertz CT molecular complexity index is 491. The quantitative estimate of drug-likeness (QED) is 0.720. The number of hydrogen-bond acceptors (Lipinski definition) is 1. The Labute approximate surface area is 108 Å². The molecule has 17 heavy (non-hydrogen) atoms. The van der Waals surface area contributed by atoms with Gasteiger partial charge in [-0.25, -0.2) is 0 Å². The number of alkyl halides is 1. The maximum atomic E-state index is 5.96. The zero-order valence-electron chi connectivity index (χ0n) is 10.2. The maximum absolute atomic E-state index is 5.96. The van der Waals surface area contributed by atoms with Crippen LogP contribution in [0.25, 0.3) is 0 Å². The van der Waals surface area contributed by atoms with Crippen molar-refractivity contribution in [2.75, 3.05) is 11.9 Å². The van der Waals surface area contributed by atoms with Gasteiger partial charge in [0.25, 0.3) is 0 Å². The third-order valence-electron chi connectivity index (χ3n) is 2.92. The summed E-state index contributed by atoms with van der Waals surface area (Å²) in [5.41, 5.74) is 4.75. The molecule has 0 saturated heterocycles. The molecule has 2 rings (SSSR count). The lowest BCUT2D eigenvalue weighted by molar-refractivity contribution is 1.17. The summed E-state index contributed by atoms with van der Waals surface area (Å²) in [6, 6.07) is 16.7. The molecule has 0 spiro atoms. The average Bonchev–Trinajstić information content (AvgIpc) is 2.39. The van der Waals surface area contributed by atoms with Crippen LogP contribution in [0.2, 0.25) is 0 Å². The van der Waals surface area contributed by atoms with Gasteiger partial charge in [0.1, 0.15) is 0 Å². The summed E-state index contributed by atoms with van der Waals surface area (Å²) in [7, 11) is 2.07. The van der Waals surface area contributed by atoms with Crippen molar-refractivity contribution in [1.82, 2.24) is 0 Å². The van der Waals surface area contributed by atoms with Crippen molar-refractivity contribution in [3.63, 3.8) is 0 Å². The van der Waals surface area contributed by atoms with Gasteiger partial charge in [-0.2, -0.15) is 0 Å². The Morgan fingerprint density at radius 2 is 1.65 bits per heavy atom. The molecule has 0 atom stereocenters. The van der Waals surface area contributed by atoms with Crippen molar-refractivity contribution in [1.29, 1.82) is 0 Å². The number of anilines is 2. The first-order valence-electron chi connectivity index (χ1n) is 5.66. The van der Waals surface area contributed by atoms with E-state index in [1.807, 2.05) is 12.1 Å². The van der Waals surface area contributed by atoms with Gasteiger partial charge in [-0.1, -0.05) is 35.9 Å². The predicted molar refractivity (Wildman–Crippen MR) is 75.2 cm³/mol. The molecular weight excluding hydrogens is 230 g/mol.